The maximum absolute atomic E-state index is 11.8. The minimum atomic E-state index is -1.06. The number of carboxylic acids is 1. The Hall–Kier alpha value is -1.67. The average molecular weight is 300 g/mol. The van der Waals surface area contributed by atoms with E-state index < -0.39 is 5.97 Å². The van der Waals surface area contributed by atoms with E-state index in [0.717, 1.165) is 13.0 Å². The molecule has 1 rings (SSSR count). The number of nitrogens with zero attached hydrogens (tertiary/aromatic N) is 3. The van der Waals surface area contributed by atoms with Crippen molar-refractivity contribution in [1.82, 2.24) is 20.1 Å². The summed E-state index contributed by atoms with van der Waals surface area (Å²) >= 11 is 1.22. The van der Waals surface area contributed by atoms with Crippen molar-refractivity contribution < 1.29 is 14.7 Å². The Balaban J connectivity index is 2.32. The Labute approximate surface area is 122 Å². The number of rotatable bonds is 7. The molecule has 0 aromatic carbocycles. The maximum atomic E-state index is 11.8. The number of hydrogen-bond donors (Lipinski definition) is 2. The molecule has 0 saturated heterocycles. The lowest BCUT2D eigenvalue weighted by Crippen LogP contribution is -2.38. The number of aromatic carboxylic acids is 1. The van der Waals surface area contributed by atoms with Gasteiger partial charge in [-0.25, -0.2) is 14.6 Å². The fourth-order valence-corrected chi connectivity index (χ4v) is 2.21. The number of amides is 2. The number of thiazole rings is 1. The van der Waals surface area contributed by atoms with Gasteiger partial charge in [0.2, 0.25) is 0 Å². The first-order valence-corrected chi connectivity index (χ1v) is 7.09. The predicted octanol–water partition coefficient (Wildman–Crippen LogP) is 0.934. The second-order valence-corrected chi connectivity index (χ2v) is 5.61. The molecule has 0 spiro atoms. The van der Waals surface area contributed by atoms with Crippen LogP contribution in [-0.4, -0.2) is 66.1 Å². The highest BCUT2D eigenvalue weighted by molar-refractivity contribution is 7.09. The van der Waals surface area contributed by atoms with Crippen LogP contribution in [0.25, 0.3) is 0 Å². The molecule has 20 heavy (non-hydrogen) atoms. The minimum Gasteiger partial charge on any atom is -0.476 e. The van der Waals surface area contributed by atoms with Gasteiger partial charge >= 0.3 is 12.0 Å². The van der Waals surface area contributed by atoms with E-state index in [-0.39, 0.29) is 18.3 Å². The van der Waals surface area contributed by atoms with E-state index in [4.69, 9.17) is 5.11 Å². The van der Waals surface area contributed by atoms with Crippen LogP contribution in [0.1, 0.15) is 21.9 Å². The van der Waals surface area contributed by atoms with Gasteiger partial charge in [0.05, 0.1) is 6.54 Å². The van der Waals surface area contributed by atoms with Crippen molar-refractivity contribution in [2.24, 2.45) is 0 Å². The van der Waals surface area contributed by atoms with Gasteiger partial charge in [0, 0.05) is 19.0 Å². The molecule has 7 nitrogen and oxygen atoms in total. The molecule has 2 amide bonds. The fourth-order valence-electron chi connectivity index (χ4n) is 1.50. The molecule has 0 saturated carbocycles. The Morgan fingerprint density at radius 2 is 2.05 bits per heavy atom. The van der Waals surface area contributed by atoms with Crippen molar-refractivity contribution in [2.45, 2.75) is 13.0 Å². The molecule has 0 unspecified atom stereocenters. The smallest absolute Gasteiger partial charge is 0.355 e. The number of carboxylic acid groups (broad SMARTS) is 1. The van der Waals surface area contributed by atoms with Crippen molar-refractivity contribution in [2.75, 3.05) is 34.2 Å². The van der Waals surface area contributed by atoms with E-state index in [2.05, 4.69) is 15.2 Å². The molecule has 0 aliphatic heterocycles. The summed E-state index contributed by atoms with van der Waals surface area (Å²) in [5.74, 6) is -1.06. The van der Waals surface area contributed by atoms with Crippen LogP contribution in [-0.2, 0) is 6.54 Å². The van der Waals surface area contributed by atoms with Crippen molar-refractivity contribution in [3.05, 3.63) is 16.1 Å². The summed E-state index contributed by atoms with van der Waals surface area (Å²) in [4.78, 5) is 30.0. The van der Waals surface area contributed by atoms with Gasteiger partial charge in [0.1, 0.15) is 5.01 Å². The van der Waals surface area contributed by atoms with Gasteiger partial charge in [-0.15, -0.1) is 11.3 Å². The lowest BCUT2D eigenvalue weighted by molar-refractivity contribution is 0.0691. The molecule has 8 heteroatoms. The number of carbonyl (C=O) groups is 2. The molecule has 112 valence electrons. The van der Waals surface area contributed by atoms with Gasteiger partial charge in [-0.3, -0.25) is 0 Å². The fraction of sp³-hybridized carbons (Fsp3) is 0.583. The molecular formula is C12H20N4O3S. The molecular weight excluding hydrogens is 280 g/mol. The van der Waals surface area contributed by atoms with Crippen LogP contribution in [0.3, 0.4) is 0 Å². The van der Waals surface area contributed by atoms with Crippen LogP contribution in [0, 0.1) is 0 Å². The molecule has 0 atom stereocenters. The monoisotopic (exact) mass is 300 g/mol. The van der Waals surface area contributed by atoms with E-state index >= 15 is 0 Å². The van der Waals surface area contributed by atoms with Crippen LogP contribution in [0.2, 0.25) is 0 Å². The van der Waals surface area contributed by atoms with Gasteiger partial charge in [-0.05, 0) is 27.1 Å². The highest BCUT2D eigenvalue weighted by Crippen LogP contribution is 2.09. The Kier molecular flexibility index (Phi) is 6.40. The van der Waals surface area contributed by atoms with Crippen LogP contribution in [0.4, 0.5) is 4.79 Å². The molecule has 0 fully saturated rings. The maximum Gasteiger partial charge on any atom is 0.355 e. The first-order chi connectivity index (χ1) is 9.40. The number of urea groups is 1. The number of hydrogen-bond acceptors (Lipinski definition) is 5. The summed E-state index contributed by atoms with van der Waals surface area (Å²) in [6.45, 7) is 1.84. The highest BCUT2D eigenvalue weighted by atomic mass is 32.1. The van der Waals surface area contributed by atoms with Crippen LogP contribution >= 0.6 is 11.3 Å². The predicted molar refractivity (Wildman–Crippen MR) is 77.1 cm³/mol. The van der Waals surface area contributed by atoms with E-state index in [1.54, 1.807) is 11.9 Å². The second-order valence-electron chi connectivity index (χ2n) is 4.67. The standard InChI is InChI=1S/C12H20N4O3S/c1-15(2)5-4-6-16(3)12(19)13-7-10-14-9(8-20-10)11(17)18/h8H,4-7H2,1-3H3,(H,13,19)(H,17,18). The number of aromatic nitrogens is 1. The van der Waals surface area contributed by atoms with E-state index in [1.165, 1.54) is 16.7 Å². The van der Waals surface area contributed by atoms with Crippen molar-refractivity contribution >= 4 is 23.3 Å². The van der Waals surface area contributed by atoms with Gasteiger partial charge in [-0.2, -0.15) is 0 Å². The molecule has 0 aliphatic carbocycles. The minimum absolute atomic E-state index is 0.0126. The third-order valence-electron chi connectivity index (χ3n) is 2.61. The molecule has 0 radical (unpaired) electrons. The molecule has 0 aliphatic rings. The SMILES string of the molecule is CN(C)CCCN(C)C(=O)NCc1nc(C(=O)O)cs1. The summed E-state index contributed by atoms with van der Waals surface area (Å²) < 4.78 is 0. The highest BCUT2D eigenvalue weighted by Gasteiger charge is 2.11. The quantitative estimate of drug-likeness (QED) is 0.782. The summed E-state index contributed by atoms with van der Waals surface area (Å²) in [6, 6.07) is -0.184. The zero-order chi connectivity index (χ0) is 15.1. The zero-order valence-electron chi connectivity index (χ0n) is 11.9. The summed E-state index contributed by atoms with van der Waals surface area (Å²) in [5.41, 5.74) is 0.0126. The third kappa shape index (κ3) is 5.54. The van der Waals surface area contributed by atoms with Gasteiger partial charge in [0.15, 0.2) is 5.69 Å². The summed E-state index contributed by atoms with van der Waals surface area (Å²) in [6.07, 6.45) is 0.900. The van der Waals surface area contributed by atoms with Crippen molar-refractivity contribution in [3.8, 4) is 0 Å². The van der Waals surface area contributed by atoms with Crippen LogP contribution in [0.15, 0.2) is 5.38 Å². The Morgan fingerprint density at radius 1 is 1.35 bits per heavy atom. The van der Waals surface area contributed by atoms with E-state index in [9.17, 15) is 9.59 Å². The Morgan fingerprint density at radius 3 is 2.60 bits per heavy atom. The lowest BCUT2D eigenvalue weighted by Gasteiger charge is -2.18. The van der Waals surface area contributed by atoms with E-state index in [0.29, 0.717) is 11.6 Å². The lowest BCUT2D eigenvalue weighted by atomic mass is 10.4. The van der Waals surface area contributed by atoms with Crippen molar-refractivity contribution in [1.29, 1.82) is 0 Å². The normalized spacial score (nSPS) is 10.6. The van der Waals surface area contributed by atoms with Crippen LogP contribution < -0.4 is 5.32 Å². The van der Waals surface area contributed by atoms with Gasteiger partial charge in [-0.1, -0.05) is 0 Å². The van der Waals surface area contributed by atoms with Gasteiger partial charge in [0.25, 0.3) is 0 Å². The zero-order valence-corrected chi connectivity index (χ0v) is 12.7. The number of nitrogens with one attached hydrogen (secondary N) is 1. The topological polar surface area (TPSA) is 85.8 Å². The van der Waals surface area contributed by atoms with Crippen LogP contribution in [0.5, 0.6) is 0 Å². The summed E-state index contributed by atoms with van der Waals surface area (Å²) in [5, 5.41) is 13.5. The number of carbonyl (C=O) groups excluding carboxylic acids is 1. The molecule has 1 aromatic rings. The first kappa shape index (κ1) is 16.4. The van der Waals surface area contributed by atoms with E-state index in [1.807, 2.05) is 14.1 Å². The molecule has 1 aromatic heterocycles. The van der Waals surface area contributed by atoms with Gasteiger partial charge < -0.3 is 20.2 Å². The molecule has 2 N–H and O–H groups in total. The largest absolute Gasteiger partial charge is 0.476 e. The first-order valence-electron chi connectivity index (χ1n) is 6.21. The molecule has 1 heterocycles. The van der Waals surface area contributed by atoms with Crippen molar-refractivity contribution in [3.63, 3.8) is 0 Å². The molecule has 0 bridgehead atoms. The third-order valence-corrected chi connectivity index (χ3v) is 3.46. The average Bonchev–Trinajstić information content (AvgIpc) is 2.84. The summed E-state index contributed by atoms with van der Waals surface area (Å²) in [7, 11) is 5.71. The Bertz CT molecular complexity index is 461. The second kappa shape index (κ2) is 7.81.